The molecule has 3 aromatic rings. The number of thioether (sulfide) groups is 1. The highest BCUT2D eigenvalue weighted by Crippen LogP contribution is 2.48. The number of thiazole rings is 1. The van der Waals surface area contributed by atoms with Crippen molar-refractivity contribution in [3.8, 4) is 0 Å². The molecule has 0 saturated carbocycles. The zero-order chi connectivity index (χ0) is 25.5. The van der Waals surface area contributed by atoms with Gasteiger partial charge in [0.25, 0.3) is 21.0 Å². The first-order chi connectivity index (χ1) is 16.3. The Kier molecular flexibility index (Phi) is 7.58. The Morgan fingerprint density at radius 1 is 1.31 bits per heavy atom. The number of nitrogens with one attached hydrogen (secondary N) is 1. The van der Waals surface area contributed by atoms with Crippen LogP contribution in [0.2, 0.25) is 5.02 Å². The standard InChI is InChI=1S/C19H17BrClN3O7S4/c1-34(26,27)22-16(25)10-24-18(33-14-8-15(20)31-19(14)24)9-17-23(5-2-6-35(28,29)30)12-7-11(21)3-4-13(12)32-17/h3-4,7-9H,2,5-6,10H2,1H3,(H-,22,25,28,29,30)/p+1. The summed E-state index contributed by atoms with van der Waals surface area (Å²) in [6.07, 6.45) is 2.88. The molecule has 2 N–H and O–H groups in total. The summed E-state index contributed by atoms with van der Waals surface area (Å²) in [6.45, 7) is -0.0219. The van der Waals surface area contributed by atoms with Gasteiger partial charge in [-0.15, -0.1) is 4.57 Å². The number of furan rings is 1. The van der Waals surface area contributed by atoms with E-state index in [4.69, 9.17) is 20.6 Å². The van der Waals surface area contributed by atoms with Crippen LogP contribution in [-0.4, -0.2) is 45.8 Å². The number of anilines is 1. The van der Waals surface area contributed by atoms with E-state index in [1.54, 1.807) is 22.8 Å². The summed E-state index contributed by atoms with van der Waals surface area (Å²) in [4.78, 5) is 15.2. The number of rotatable bonds is 8. The van der Waals surface area contributed by atoms with E-state index >= 15 is 0 Å². The summed E-state index contributed by atoms with van der Waals surface area (Å²) < 4.78 is 65.0. The van der Waals surface area contributed by atoms with Crippen LogP contribution < -0.4 is 14.2 Å². The van der Waals surface area contributed by atoms with Gasteiger partial charge in [0, 0.05) is 22.5 Å². The molecule has 1 aromatic carbocycles. The molecule has 2 aromatic heterocycles. The van der Waals surface area contributed by atoms with Gasteiger partial charge in [0.1, 0.15) is 0 Å². The number of sulfonamides is 1. The number of carbonyl (C=O) groups excluding carboxylic acids is 1. The number of nitrogens with zero attached hydrogens (tertiary/aromatic N) is 2. The summed E-state index contributed by atoms with van der Waals surface area (Å²) in [5.41, 5.74) is 1.17. The van der Waals surface area contributed by atoms with Gasteiger partial charge in [0.05, 0.1) is 28.8 Å². The SMILES string of the molecule is CS(=O)(=O)NC(=O)C[n+]1c(C=C2Sc3ccc(Cl)cc3N2CCCS(=O)(=O)O)sc2cc(Br)oc21. The molecular weight excluding hydrogens is 626 g/mol. The lowest BCUT2D eigenvalue weighted by molar-refractivity contribution is -0.662. The quantitative estimate of drug-likeness (QED) is 0.279. The average molecular weight is 644 g/mol. The lowest BCUT2D eigenvalue weighted by Gasteiger charge is -2.20. The molecule has 0 spiro atoms. The second-order valence-corrected chi connectivity index (χ2v) is 14.2. The first kappa shape index (κ1) is 26.4. The summed E-state index contributed by atoms with van der Waals surface area (Å²) in [5, 5.41) is 1.85. The predicted molar refractivity (Wildman–Crippen MR) is 139 cm³/mol. The fourth-order valence-corrected chi connectivity index (χ4v) is 7.34. The number of benzene rings is 1. The summed E-state index contributed by atoms with van der Waals surface area (Å²) >= 11 is 12.2. The minimum Gasteiger partial charge on any atom is -0.396 e. The number of hydrogen-bond acceptors (Lipinski definition) is 9. The van der Waals surface area contributed by atoms with Crippen molar-refractivity contribution in [1.82, 2.24) is 4.72 Å². The summed E-state index contributed by atoms with van der Waals surface area (Å²) in [5.74, 6) is -1.13. The second kappa shape index (κ2) is 10.0. The van der Waals surface area contributed by atoms with Gasteiger partial charge in [0.2, 0.25) is 16.6 Å². The molecule has 0 saturated heterocycles. The van der Waals surface area contributed by atoms with Crippen molar-refractivity contribution in [1.29, 1.82) is 0 Å². The maximum Gasteiger partial charge on any atom is 0.393 e. The highest BCUT2D eigenvalue weighted by Gasteiger charge is 2.31. The minimum absolute atomic E-state index is 0.166. The Morgan fingerprint density at radius 2 is 2.06 bits per heavy atom. The molecule has 0 aliphatic carbocycles. The van der Waals surface area contributed by atoms with Gasteiger partial charge in [-0.05, 0) is 40.5 Å². The fraction of sp³-hybridized carbons (Fsp3) is 0.263. The van der Waals surface area contributed by atoms with Crippen LogP contribution in [0.4, 0.5) is 5.69 Å². The Hall–Kier alpha value is -1.62. The largest absolute Gasteiger partial charge is 0.396 e. The Balaban J connectivity index is 1.73. The number of halogens is 2. The topological polar surface area (TPSA) is 138 Å². The van der Waals surface area contributed by atoms with E-state index in [9.17, 15) is 21.6 Å². The van der Waals surface area contributed by atoms with E-state index in [0.29, 0.717) is 20.4 Å². The lowest BCUT2D eigenvalue weighted by atomic mass is 10.2. The molecule has 10 nitrogen and oxygen atoms in total. The Morgan fingerprint density at radius 3 is 2.74 bits per heavy atom. The molecule has 188 valence electrons. The highest BCUT2D eigenvalue weighted by molar-refractivity contribution is 9.10. The molecule has 0 atom stereocenters. The van der Waals surface area contributed by atoms with Crippen molar-refractivity contribution < 1.29 is 35.2 Å². The first-order valence-electron chi connectivity index (χ1n) is 9.83. The molecule has 0 unspecified atom stereocenters. The van der Waals surface area contributed by atoms with Gasteiger partial charge in [-0.1, -0.05) is 34.7 Å². The molecule has 1 aliphatic rings. The Bertz CT molecular complexity index is 1560. The predicted octanol–water partition coefficient (Wildman–Crippen LogP) is 3.46. The van der Waals surface area contributed by atoms with E-state index in [1.807, 2.05) is 21.8 Å². The van der Waals surface area contributed by atoms with Crippen molar-refractivity contribution in [2.45, 2.75) is 17.9 Å². The van der Waals surface area contributed by atoms with E-state index in [0.717, 1.165) is 26.6 Å². The monoisotopic (exact) mass is 642 g/mol. The summed E-state index contributed by atoms with van der Waals surface area (Å²) in [6, 6.07) is 7.11. The van der Waals surface area contributed by atoms with Gasteiger partial charge >= 0.3 is 5.71 Å². The minimum atomic E-state index is -4.12. The van der Waals surface area contributed by atoms with Crippen molar-refractivity contribution in [3.63, 3.8) is 0 Å². The molecule has 0 radical (unpaired) electrons. The van der Waals surface area contributed by atoms with Crippen LogP contribution in [0, 0.1) is 0 Å². The maximum atomic E-state index is 12.4. The van der Waals surface area contributed by atoms with E-state index in [2.05, 4.69) is 15.9 Å². The number of fused-ring (bicyclic) bond motifs is 2. The van der Waals surface area contributed by atoms with Crippen LogP contribution in [-0.2, 0) is 31.5 Å². The zero-order valence-corrected chi connectivity index (χ0v) is 23.5. The molecule has 16 heteroatoms. The van der Waals surface area contributed by atoms with Crippen LogP contribution >= 0.6 is 50.6 Å². The highest BCUT2D eigenvalue weighted by atomic mass is 79.9. The molecule has 0 fully saturated rings. The van der Waals surface area contributed by atoms with Crippen LogP contribution in [0.3, 0.4) is 0 Å². The van der Waals surface area contributed by atoms with Crippen LogP contribution in [0.15, 0.2) is 43.3 Å². The molecule has 35 heavy (non-hydrogen) atoms. The van der Waals surface area contributed by atoms with Gasteiger partial charge < -0.3 is 9.32 Å². The number of hydrogen-bond donors (Lipinski definition) is 2. The van der Waals surface area contributed by atoms with Gasteiger partial charge in [0.15, 0.2) is 9.37 Å². The van der Waals surface area contributed by atoms with Crippen LogP contribution in [0.5, 0.6) is 0 Å². The maximum absolute atomic E-state index is 12.4. The molecule has 4 rings (SSSR count). The van der Waals surface area contributed by atoms with Crippen LogP contribution in [0.25, 0.3) is 16.5 Å². The lowest BCUT2D eigenvalue weighted by Crippen LogP contribution is -2.45. The summed E-state index contributed by atoms with van der Waals surface area (Å²) in [7, 11) is -7.86. The van der Waals surface area contributed by atoms with Gasteiger partial charge in [-0.2, -0.15) is 8.42 Å². The van der Waals surface area contributed by atoms with Crippen molar-refractivity contribution >= 4 is 98.9 Å². The smallest absolute Gasteiger partial charge is 0.393 e. The molecule has 1 amide bonds. The van der Waals surface area contributed by atoms with Crippen LogP contribution in [0.1, 0.15) is 11.4 Å². The molecule has 1 aliphatic heterocycles. The molecule has 3 heterocycles. The second-order valence-electron chi connectivity index (χ2n) is 7.53. The average Bonchev–Trinajstić information content (AvgIpc) is 3.32. The van der Waals surface area contributed by atoms with Gasteiger partial charge in [-0.3, -0.25) is 9.35 Å². The molecule has 0 bridgehead atoms. The van der Waals surface area contributed by atoms with Crippen molar-refractivity contribution in [2.24, 2.45) is 0 Å². The third-order valence-electron chi connectivity index (χ3n) is 4.70. The third kappa shape index (κ3) is 6.58. The number of aromatic nitrogens is 1. The zero-order valence-electron chi connectivity index (χ0n) is 17.9. The fourth-order valence-electron chi connectivity index (χ4n) is 3.43. The number of carbonyl (C=O) groups is 1. The van der Waals surface area contributed by atoms with E-state index in [1.165, 1.54) is 23.1 Å². The van der Waals surface area contributed by atoms with Crippen molar-refractivity contribution in [3.05, 3.63) is 44.0 Å². The van der Waals surface area contributed by atoms with Crippen molar-refractivity contribution in [2.75, 3.05) is 23.5 Å². The first-order valence-corrected chi connectivity index (χ1v) is 16.1. The van der Waals surface area contributed by atoms with Gasteiger partial charge in [-0.25, -0.2) is 13.1 Å². The normalized spacial score (nSPS) is 15.2. The third-order valence-corrected chi connectivity index (χ3v) is 8.90. The Labute approximate surface area is 222 Å². The van der Waals surface area contributed by atoms with E-state index in [-0.39, 0.29) is 19.5 Å². The van der Waals surface area contributed by atoms with E-state index < -0.39 is 31.8 Å². The molecular formula is C19H18BrClN3O7S4+. The number of amides is 1.